The smallest absolute Gasteiger partial charge is 0.315 e. The second-order valence-corrected chi connectivity index (χ2v) is 4.54. The minimum Gasteiger partial charge on any atom is -0.458 e. The fourth-order valence-corrected chi connectivity index (χ4v) is 2.11. The first kappa shape index (κ1) is 12.4. The maximum atomic E-state index is 11.3. The van der Waals surface area contributed by atoms with E-state index in [1.807, 2.05) is 29.6 Å². The summed E-state index contributed by atoms with van der Waals surface area (Å²) in [6.45, 7) is 4.34. The average Bonchev–Trinajstić information content (AvgIpc) is 3.03. The number of urea groups is 1. The van der Waals surface area contributed by atoms with Crippen molar-refractivity contribution >= 4 is 17.4 Å². The van der Waals surface area contributed by atoms with Gasteiger partial charge in [-0.1, -0.05) is 12.1 Å². The van der Waals surface area contributed by atoms with Crippen LogP contribution in [-0.2, 0) is 6.54 Å². The molecule has 2 aromatic rings. The number of amides is 2. The highest BCUT2D eigenvalue weighted by Crippen LogP contribution is 2.26. The molecule has 0 saturated carbocycles. The number of carbonyl (C=O) groups is 1. The van der Waals surface area contributed by atoms with Crippen molar-refractivity contribution in [1.29, 1.82) is 0 Å². The maximum Gasteiger partial charge on any atom is 0.315 e. The topological polar surface area (TPSA) is 54.3 Å². The summed E-state index contributed by atoms with van der Waals surface area (Å²) in [4.78, 5) is 12.4. The van der Waals surface area contributed by atoms with E-state index in [-0.39, 0.29) is 6.03 Å². The van der Waals surface area contributed by atoms with Gasteiger partial charge in [0.1, 0.15) is 11.5 Å². The maximum absolute atomic E-state index is 11.3. The molecule has 2 amide bonds. The third kappa shape index (κ3) is 3.24. The van der Waals surface area contributed by atoms with E-state index in [2.05, 4.69) is 17.2 Å². The van der Waals surface area contributed by atoms with Crippen molar-refractivity contribution in [3.63, 3.8) is 0 Å². The Labute approximate surface area is 109 Å². The normalized spacial score (nSPS) is 10.0. The lowest BCUT2D eigenvalue weighted by molar-refractivity contribution is 0.240. The Morgan fingerprint density at radius 1 is 1.39 bits per heavy atom. The number of thiophene rings is 1. The zero-order valence-corrected chi connectivity index (χ0v) is 10.6. The Hall–Kier alpha value is -2.01. The first-order valence-electron chi connectivity index (χ1n) is 5.55. The monoisotopic (exact) mass is 262 g/mol. The number of furan rings is 1. The molecule has 0 atom stereocenters. The lowest BCUT2D eigenvalue weighted by atomic mass is 10.3. The van der Waals surface area contributed by atoms with Gasteiger partial charge in [-0.2, -0.15) is 0 Å². The van der Waals surface area contributed by atoms with Gasteiger partial charge >= 0.3 is 6.03 Å². The zero-order valence-electron chi connectivity index (χ0n) is 9.81. The molecule has 4 nitrogen and oxygen atoms in total. The molecule has 0 fully saturated rings. The van der Waals surface area contributed by atoms with E-state index in [1.54, 1.807) is 17.4 Å². The molecule has 0 aliphatic carbocycles. The number of nitrogens with one attached hydrogen (secondary N) is 2. The van der Waals surface area contributed by atoms with Gasteiger partial charge in [-0.25, -0.2) is 4.79 Å². The Balaban J connectivity index is 1.87. The summed E-state index contributed by atoms with van der Waals surface area (Å²) in [6, 6.07) is 7.51. The van der Waals surface area contributed by atoms with Crippen LogP contribution in [0.25, 0.3) is 10.6 Å². The van der Waals surface area contributed by atoms with Crippen LogP contribution in [0.5, 0.6) is 0 Å². The van der Waals surface area contributed by atoms with Gasteiger partial charge in [-0.15, -0.1) is 17.9 Å². The summed E-state index contributed by atoms with van der Waals surface area (Å²) in [5.41, 5.74) is 0. The highest BCUT2D eigenvalue weighted by Gasteiger charge is 2.06. The van der Waals surface area contributed by atoms with E-state index in [1.165, 1.54) is 0 Å². The fourth-order valence-electron chi connectivity index (χ4n) is 1.42. The number of carbonyl (C=O) groups excluding carboxylic acids is 1. The average molecular weight is 262 g/mol. The third-order valence-corrected chi connectivity index (χ3v) is 3.14. The molecule has 0 unspecified atom stereocenters. The van der Waals surface area contributed by atoms with Crippen molar-refractivity contribution in [1.82, 2.24) is 10.6 Å². The lowest BCUT2D eigenvalue weighted by Crippen LogP contribution is -2.34. The molecule has 0 radical (unpaired) electrons. The summed E-state index contributed by atoms with van der Waals surface area (Å²) in [5.74, 6) is 1.56. The van der Waals surface area contributed by atoms with Crippen LogP contribution in [-0.4, -0.2) is 12.6 Å². The molecule has 2 rings (SSSR count). The standard InChI is InChI=1S/C13H14N2O2S/c1-2-7-14-13(16)15-9-10-5-6-11(17-10)12-4-3-8-18-12/h2-6,8H,1,7,9H2,(H2,14,15,16). The van der Waals surface area contributed by atoms with Crippen LogP contribution in [0, 0.1) is 0 Å². The second-order valence-electron chi connectivity index (χ2n) is 3.60. The van der Waals surface area contributed by atoms with Crippen molar-refractivity contribution in [2.45, 2.75) is 6.54 Å². The lowest BCUT2D eigenvalue weighted by Gasteiger charge is -2.03. The number of hydrogen-bond acceptors (Lipinski definition) is 3. The van der Waals surface area contributed by atoms with E-state index in [9.17, 15) is 4.79 Å². The van der Waals surface area contributed by atoms with Gasteiger partial charge in [0.25, 0.3) is 0 Å². The summed E-state index contributed by atoms with van der Waals surface area (Å²) >= 11 is 1.62. The van der Waals surface area contributed by atoms with E-state index >= 15 is 0 Å². The molecule has 0 bridgehead atoms. The number of hydrogen-bond donors (Lipinski definition) is 2. The summed E-state index contributed by atoms with van der Waals surface area (Å²) in [6.07, 6.45) is 1.63. The van der Waals surface area contributed by atoms with Gasteiger partial charge in [0.05, 0.1) is 11.4 Å². The van der Waals surface area contributed by atoms with E-state index in [4.69, 9.17) is 4.42 Å². The molecule has 0 aromatic carbocycles. The van der Waals surface area contributed by atoms with E-state index in [0.29, 0.717) is 13.1 Å². The molecule has 5 heteroatoms. The molecular formula is C13H14N2O2S. The minimum atomic E-state index is -0.232. The van der Waals surface area contributed by atoms with Crippen molar-refractivity contribution in [3.8, 4) is 10.6 Å². The van der Waals surface area contributed by atoms with Crippen LogP contribution in [0.15, 0.2) is 46.7 Å². The molecule has 0 aliphatic rings. The van der Waals surface area contributed by atoms with Crippen LogP contribution in [0.4, 0.5) is 4.79 Å². The second kappa shape index (κ2) is 6.07. The summed E-state index contributed by atoms with van der Waals surface area (Å²) < 4.78 is 5.63. The van der Waals surface area contributed by atoms with Crippen LogP contribution in [0.1, 0.15) is 5.76 Å². The molecule has 2 heterocycles. The van der Waals surface area contributed by atoms with Gasteiger partial charge in [0.2, 0.25) is 0 Å². The van der Waals surface area contributed by atoms with Crippen molar-refractivity contribution < 1.29 is 9.21 Å². The molecular weight excluding hydrogens is 248 g/mol. The molecule has 0 saturated heterocycles. The van der Waals surface area contributed by atoms with Crippen molar-refractivity contribution in [2.24, 2.45) is 0 Å². The van der Waals surface area contributed by atoms with Crippen molar-refractivity contribution in [3.05, 3.63) is 48.1 Å². The first-order valence-corrected chi connectivity index (χ1v) is 6.43. The Kier molecular flexibility index (Phi) is 4.20. The predicted octanol–water partition coefficient (Wildman–Crippen LogP) is 2.99. The third-order valence-electron chi connectivity index (χ3n) is 2.26. The van der Waals surface area contributed by atoms with Crippen LogP contribution in [0.2, 0.25) is 0 Å². The number of rotatable bonds is 5. The van der Waals surface area contributed by atoms with Crippen LogP contribution in [0.3, 0.4) is 0 Å². The van der Waals surface area contributed by atoms with Crippen LogP contribution >= 0.6 is 11.3 Å². The SMILES string of the molecule is C=CCNC(=O)NCc1ccc(-c2cccs2)o1. The van der Waals surface area contributed by atoms with Gasteiger partial charge in [0.15, 0.2) is 0 Å². The highest BCUT2D eigenvalue weighted by molar-refractivity contribution is 7.13. The van der Waals surface area contributed by atoms with Gasteiger partial charge in [-0.05, 0) is 23.6 Å². The van der Waals surface area contributed by atoms with Crippen molar-refractivity contribution in [2.75, 3.05) is 6.54 Å². The Morgan fingerprint density at radius 2 is 2.28 bits per heavy atom. The summed E-state index contributed by atoms with van der Waals surface area (Å²) in [7, 11) is 0. The molecule has 94 valence electrons. The molecule has 18 heavy (non-hydrogen) atoms. The van der Waals surface area contributed by atoms with Gasteiger partial charge in [-0.3, -0.25) is 0 Å². The largest absolute Gasteiger partial charge is 0.458 e. The quantitative estimate of drug-likeness (QED) is 0.814. The molecule has 0 spiro atoms. The fraction of sp³-hybridized carbons (Fsp3) is 0.154. The molecule has 0 aliphatic heterocycles. The zero-order chi connectivity index (χ0) is 12.8. The minimum absolute atomic E-state index is 0.232. The molecule has 2 N–H and O–H groups in total. The Morgan fingerprint density at radius 3 is 3.00 bits per heavy atom. The highest BCUT2D eigenvalue weighted by atomic mass is 32.1. The van der Waals surface area contributed by atoms with Crippen LogP contribution < -0.4 is 10.6 Å². The first-order chi connectivity index (χ1) is 8.79. The van der Waals surface area contributed by atoms with E-state index < -0.39 is 0 Å². The molecule has 2 aromatic heterocycles. The van der Waals surface area contributed by atoms with Gasteiger partial charge in [0, 0.05) is 6.54 Å². The Bertz CT molecular complexity index is 517. The predicted molar refractivity (Wildman–Crippen MR) is 72.5 cm³/mol. The van der Waals surface area contributed by atoms with Gasteiger partial charge < -0.3 is 15.1 Å². The summed E-state index contributed by atoms with van der Waals surface area (Å²) in [5, 5.41) is 7.33. The van der Waals surface area contributed by atoms with E-state index in [0.717, 1.165) is 16.4 Å².